The summed E-state index contributed by atoms with van der Waals surface area (Å²) in [5, 5.41) is 3.79. The third-order valence-corrected chi connectivity index (χ3v) is 4.09. The molecule has 2 N–H and O–H groups in total. The molecule has 0 spiro atoms. The quantitative estimate of drug-likeness (QED) is 0.760. The molecule has 2 aromatic heterocycles. The standard InChI is InChI=1S/C14H12N4O2S/c1-7-8(2)21-14(15-7)18-12(19)11-9-5-3-4-6-10(9)16-13(20)17-11/h3-6H,1-2H3,(H,15,18,19)(H,16,17,20). The molecule has 0 bridgehead atoms. The summed E-state index contributed by atoms with van der Waals surface area (Å²) in [5.41, 5.74) is 0.999. The lowest BCUT2D eigenvalue weighted by atomic mass is 10.2. The van der Waals surface area contributed by atoms with Gasteiger partial charge in [-0.05, 0) is 19.9 Å². The van der Waals surface area contributed by atoms with Crippen LogP contribution in [-0.2, 0) is 0 Å². The van der Waals surface area contributed by atoms with Crippen molar-refractivity contribution in [3.05, 3.63) is 51.0 Å². The van der Waals surface area contributed by atoms with Gasteiger partial charge in [-0.2, -0.15) is 4.98 Å². The molecule has 1 aromatic carbocycles. The SMILES string of the molecule is Cc1nc(NC(=O)c2nc(=O)[nH]c3ccccc23)sc1C. The third kappa shape index (κ3) is 2.55. The molecule has 7 heteroatoms. The molecule has 1 amide bonds. The Morgan fingerprint density at radius 1 is 1.24 bits per heavy atom. The highest BCUT2D eigenvalue weighted by molar-refractivity contribution is 7.15. The highest BCUT2D eigenvalue weighted by Gasteiger charge is 2.15. The van der Waals surface area contributed by atoms with E-state index in [9.17, 15) is 9.59 Å². The van der Waals surface area contributed by atoms with E-state index in [1.165, 1.54) is 11.3 Å². The monoisotopic (exact) mass is 300 g/mol. The van der Waals surface area contributed by atoms with Gasteiger partial charge in [0.25, 0.3) is 5.91 Å². The number of aryl methyl sites for hydroxylation is 2. The summed E-state index contributed by atoms with van der Waals surface area (Å²) in [7, 11) is 0. The molecule has 2 heterocycles. The van der Waals surface area contributed by atoms with Crippen LogP contribution in [0.25, 0.3) is 10.9 Å². The first-order valence-corrected chi connectivity index (χ1v) is 7.10. The van der Waals surface area contributed by atoms with Gasteiger partial charge in [0.05, 0.1) is 11.2 Å². The van der Waals surface area contributed by atoms with Gasteiger partial charge in [0.2, 0.25) is 0 Å². The molecule has 0 saturated carbocycles. The van der Waals surface area contributed by atoms with E-state index >= 15 is 0 Å². The zero-order valence-corrected chi connectivity index (χ0v) is 12.2. The lowest BCUT2D eigenvalue weighted by Gasteiger charge is -2.04. The summed E-state index contributed by atoms with van der Waals surface area (Å²) in [6.45, 7) is 3.81. The van der Waals surface area contributed by atoms with Crippen LogP contribution < -0.4 is 11.0 Å². The lowest BCUT2D eigenvalue weighted by Crippen LogP contribution is -2.21. The first kappa shape index (κ1) is 13.4. The Hall–Kier alpha value is -2.54. The highest BCUT2D eigenvalue weighted by atomic mass is 32.1. The maximum atomic E-state index is 12.3. The number of hydrogen-bond acceptors (Lipinski definition) is 5. The maximum Gasteiger partial charge on any atom is 0.346 e. The fourth-order valence-corrected chi connectivity index (χ4v) is 2.77. The first-order chi connectivity index (χ1) is 10.0. The second-order valence-corrected chi connectivity index (χ2v) is 5.75. The van der Waals surface area contributed by atoms with Gasteiger partial charge in [-0.15, -0.1) is 11.3 Å². The Balaban J connectivity index is 2.03. The number of anilines is 1. The average Bonchev–Trinajstić information content (AvgIpc) is 2.76. The summed E-state index contributed by atoms with van der Waals surface area (Å²) >= 11 is 1.39. The molecule has 3 aromatic rings. The van der Waals surface area contributed by atoms with Crippen molar-refractivity contribution >= 4 is 33.3 Å². The Labute approximate surface area is 123 Å². The van der Waals surface area contributed by atoms with Gasteiger partial charge in [0, 0.05) is 10.3 Å². The van der Waals surface area contributed by atoms with Gasteiger partial charge >= 0.3 is 5.69 Å². The molecular formula is C14H12N4O2S. The second kappa shape index (κ2) is 5.10. The molecule has 21 heavy (non-hydrogen) atoms. The number of aromatic nitrogens is 3. The first-order valence-electron chi connectivity index (χ1n) is 6.29. The average molecular weight is 300 g/mol. The summed E-state index contributed by atoms with van der Waals surface area (Å²) in [6, 6.07) is 7.04. The van der Waals surface area contributed by atoms with Crippen LogP contribution in [0, 0.1) is 13.8 Å². The van der Waals surface area contributed by atoms with Crippen LogP contribution in [0.4, 0.5) is 5.13 Å². The minimum atomic E-state index is -0.551. The molecule has 0 aliphatic carbocycles. The normalized spacial score (nSPS) is 10.8. The van der Waals surface area contributed by atoms with Crippen LogP contribution in [0.1, 0.15) is 21.1 Å². The Morgan fingerprint density at radius 3 is 2.71 bits per heavy atom. The van der Waals surface area contributed by atoms with Crippen LogP contribution in [0.2, 0.25) is 0 Å². The van der Waals surface area contributed by atoms with Gasteiger partial charge in [-0.25, -0.2) is 9.78 Å². The smallest absolute Gasteiger partial charge is 0.305 e. The van der Waals surface area contributed by atoms with Crippen LogP contribution in [0.15, 0.2) is 29.1 Å². The molecule has 0 fully saturated rings. The fourth-order valence-electron chi connectivity index (χ4n) is 1.96. The van der Waals surface area contributed by atoms with Crippen molar-refractivity contribution in [2.45, 2.75) is 13.8 Å². The molecule has 0 unspecified atom stereocenters. The number of carbonyl (C=O) groups is 1. The number of amides is 1. The molecule has 0 saturated heterocycles. The van der Waals surface area contributed by atoms with E-state index in [0.29, 0.717) is 16.0 Å². The predicted octanol–water partition coefficient (Wildman–Crippen LogP) is 2.25. The Bertz CT molecular complexity index is 878. The summed E-state index contributed by atoms with van der Waals surface area (Å²) in [4.78, 5) is 35.6. The van der Waals surface area contributed by atoms with Gasteiger partial charge in [0.1, 0.15) is 5.69 Å². The van der Waals surface area contributed by atoms with Crippen LogP contribution in [-0.4, -0.2) is 20.9 Å². The molecule has 0 radical (unpaired) electrons. The topological polar surface area (TPSA) is 87.7 Å². The van der Waals surface area contributed by atoms with Crippen molar-refractivity contribution in [1.82, 2.24) is 15.0 Å². The Morgan fingerprint density at radius 2 is 2.00 bits per heavy atom. The number of benzene rings is 1. The number of nitrogens with zero attached hydrogens (tertiary/aromatic N) is 2. The van der Waals surface area contributed by atoms with Crippen molar-refractivity contribution in [3.8, 4) is 0 Å². The van der Waals surface area contributed by atoms with Crippen molar-refractivity contribution in [2.24, 2.45) is 0 Å². The largest absolute Gasteiger partial charge is 0.346 e. The van der Waals surface area contributed by atoms with Crippen LogP contribution >= 0.6 is 11.3 Å². The molecule has 0 aliphatic rings. The van der Waals surface area contributed by atoms with Crippen molar-refractivity contribution in [2.75, 3.05) is 5.32 Å². The number of H-pyrrole nitrogens is 1. The number of carbonyl (C=O) groups excluding carboxylic acids is 1. The molecular weight excluding hydrogens is 288 g/mol. The summed E-state index contributed by atoms with van der Waals surface area (Å²) in [6.07, 6.45) is 0. The van der Waals surface area contributed by atoms with E-state index in [4.69, 9.17) is 0 Å². The fraction of sp³-hybridized carbons (Fsp3) is 0.143. The summed E-state index contributed by atoms with van der Waals surface area (Å²) < 4.78 is 0. The number of para-hydroxylation sites is 1. The van der Waals surface area contributed by atoms with Crippen LogP contribution in [0.5, 0.6) is 0 Å². The zero-order valence-electron chi connectivity index (χ0n) is 11.4. The number of hydrogen-bond donors (Lipinski definition) is 2. The van der Waals surface area contributed by atoms with Gasteiger partial charge in [-0.1, -0.05) is 18.2 Å². The van der Waals surface area contributed by atoms with E-state index < -0.39 is 11.6 Å². The third-order valence-electron chi connectivity index (χ3n) is 3.10. The lowest BCUT2D eigenvalue weighted by molar-refractivity contribution is 0.102. The number of aromatic amines is 1. The summed E-state index contributed by atoms with van der Waals surface area (Å²) in [5.74, 6) is -0.439. The van der Waals surface area contributed by atoms with E-state index in [2.05, 4.69) is 20.3 Å². The van der Waals surface area contributed by atoms with Crippen molar-refractivity contribution in [3.63, 3.8) is 0 Å². The zero-order chi connectivity index (χ0) is 15.0. The van der Waals surface area contributed by atoms with Crippen molar-refractivity contribution < 1.29 is 4.79 Å². The predicted molar refractivity (Wildman–Crippen MR) is 81.9 cm³/mol. The van der Waals surface area contributed by atoms with Gasteiger partial charge < -0.3 is 4.98 Å². The van der Waals surface area contributed by atoms with Crippen LogP contribution in [0.3, 0.4) is 0 Å². The van der Waals surface area contributed by atoms with E-state index in [0.717, 1.165) is 10.6 Å². The van der Waals surface area contributed by atoms with Gasteiger partial charge in [-0.3, -0.25) is 10.1 Å². The Kier molecular flexibility index (Phi) is 3.26. The van der Waals surface area contributed by atoms with Gasteiger partial charge in [0.15, 0.2) is 5.13 Å². The minimum absolute atomic E-state index is 0.0971. The van der Waals surface area contributed by atoms with E-state index in [1.807, 2.05) is 13.8 Å². The minimum Gasteiger partial charge on any atom is -0.305 e. The van der Waals surface area contributed by atoms with E-state index in [1.54, 1.807) is 24.3 Å². The molecule has 0 aliphatic heterocycles. The maximum absolute atomic E-state index is 12.3. The number of thiazole rings is 1. The number of fused-ring (bicyclic) bond motifs is 1. The number of nitrogens with one attached hydrogen (secondary N) is 2. The molecule has 6 nitrogen and oxygen atoms in total. The van der Waals surface area contributed by atoms with Crippen molar-refractivity contribution in [1.29, 1.82) is 0 Å². The second-order valence-electron chi connectivity index (χ2n) is 4.55. The molecule has 3 rings (SSSR count). The number of rotatable bonds is 2. The molecule has 0 atom stereocenters. The van der Waals surface area contributed by atoms with E-state index in [-0.39, 0.29) is 5.69 Å². The highest BCUT2D eigenvalue weighted by Crippen LogP contribution is 2.22. The molecule has 106 valence electrons.